The smallest absolute Gasteiger partial charge is 0.195 e. The molecule has 0 atom stereocenters. The van der Waals surface area contributed by atoms with Crippen LogP contribution in [0.15, 0.2) is 48.7 Å². The molecular weight excluding hydrogens is 404 g/mol. The van der Waals surface area contributed by atoms with E-state index in [1.54, 1.807) is 11.3 Å². The Bertz CT molecular complexity index is 1220. The summed E-state index contributed by atoms with van der Waals surface area (Å²) >= 11 is 1.65. The number of fused-ring (bicyclic) bond motifs is 3. The monoisotopic (exact) mass is 432 g/mol. The van der Waals surface area contributed by atoms with Gasteiger partial charge in [-0.3, -0.25) is 9.20 Å². The number of aryl methyl sites for hydroxylation is 1. The fraction of sp³-hybridized carbons (Fsp3) is 0.385. The molecule has 3 heterocycles. The number of aromatic nitrogens is 2. The van der Waals surface area contributed by atoms with E-state index in [1.165, 1.54) is 24.8 Å². The summed E-state index contributed by atoms with van der Waals surface area (Å²) in [6, 6.07) is 14.5. The topological polar surface area (TPSA) is 43.6 Å². The van der Waals surface area contributed by atoms with E-state index >= 15 is 0 Å². The second-order valence-corrected chi connectivity index (χ2v) is 9.67. The van der Waals surface area contributed by atoms with Gasteiger partial charge in [0.05, 0.1) is 15.9 Å². The van der Waals surface area contributed by atoms with E-state index in [4.69, 9.17) is 9.72 Å². The van der Waals surface area contributed by atoms with Crippen LogP contribution in [0.4, 0.5) is 0 Å². The fourth-order valence-electron chi connectivity index (χ4n) is 4.52. The molecule has 0 amide bonds. The van der Waals surface area contributed by atoms with Crippen molar-refractivity contribution in [2.75, 3.05) is 13.2 Å². The molecule has 5 rings (SSSR count). The molecule has 2 aromatic carbocycles. The third kappa shape index (κ3) is 4.43. The van der Waals surface area contributed by atoms with Crippen molar-refractivity contribution in [3.05, 3.63) is 59.8 Å². The average Bonchev–Trinajstić information content (AvgIpc) is 3.35. The van der Waals surface area contributed by atoms with Crippen LogP contribution >= 0.6 is 11.3 Å². The van der Waals surface area contributed by atoms with Crippen LogP contribution in [-0.2, 0) is 4.74 Å². The first-order chi connectivity index (χ1) is 15.2. The lowest BCUT2D eigenvalue weighted by Crippen LogP contribution is -2.15. The molecule has 0 saturated carbocycles. The third-order valence-corrected chi connectivity index (χ3v) is 7.35. The Morgan fingerprint density at radius 3 is 2.87 bits per heavy atom. The van der Waals surface area contributed by atoms with Crippen molar-refractivity contribution >= 4 is 32.3 Å². The molecule has 1 saturated heterocycles. The Morgan fingerprint density at radius 1 is 1.16 bits per heavy atom. The van der Waals surface area contributed by atoms with Gasteiger partial charge in [-0.2, -0.15) is 0 Å². The molecule has 4 nitrogen and oxygen atoms in total. The average molecular weight is 433 g/mol. The Balaban J connectivity index is 1.26. The van der Waals surface area contributed by atoms with Crippen molar-refractivity contribution in [3.8, 4) is 11.3 Å². The van der Waals surface area contributed by atoms with Crippen LogP contribution in [0.3, 0.4) is 0 Å². The van der Waals surface area contributed by atoms with Crippen molar-refractivity contribution in [3.63, 3.8) is 0 Å². The molecule has 0 radical (unpaired) electrons. The summed E-state index contributed by atoms with van der Waals surface area (Å²) in [5, 5.41) is 0. The van der Waals surface area contributed by atoms with E-state index < -0.39 is 0 Å². The van der Waals surface area contributed by atoms with Gasteiger partial charge in [-0.05, 0) is 56.4 Å². The SMILES string of the molecule is Cc1cccc(-c2cn3c(n2)sc2cc(C(=O)CCCCC4CCOCC4)ccc23)c1. The number of carbonyl (C=O) groups is 1. The summed E-state index contributed by atoms with van der Waals surface area (Å²) in [5.74, 6) is 1.03. The molecule has 5 heteroatoms. The third-order valence-electron chi connectivity index (χ3n) is 6.34. The number of nitrogens with zero attached hydrogens (tertiary/aromatic N) is 2. The summed E-state index contributed by atoms with van der Waals surface area (Å²) in [5.41, 5.74) is 5.29. The van der Waals surface area contributed by atoms with Gasteiger partial charge in [0.25, 0.3) is 0 Å². The zero-order valence-corrected chi connectivity index (χ0v) is 18.8. The van der Waals surface area contributed by atoms with Crippen LogP contribution in [0, 0.1) is 12.8 Å². The summed E-state index contributed by atoms with van der Waals surface area (Å²) < 4.78 is 8.68. The summed E-state index contributed by atoms with van der Waals surface area (Å²) in [7, 11) is 0. The van der Waals surface area contributed by atoms with Crippen LogP contribution in [0.2, 0.25) is 0 Å². The first-order valence-corrected chi connectivity index (χ1v) is 12.1. The number of ether oxygens (including phenoxy) is 1. The van der Waals surface area contributed by atoms with Crippen LogP contribution in [0.5, 0.6) is 0 Å². The molecule has 0 unspecified atom stereocenters. The first-order valence-electron chi connectivity index (χ1n) is 11.3. The van der Waals surface area contributed by atoms with E-state index in [9.17, 15) is 4.79 Å². The highest BCUT2D eigenvalue weighted by Gasteiger charge is 2.15. The van der Waals surface area contributed by atoms with Gasteiger partial charge in [-0.15, -0.1) is 0 Å². The van der Waals surface area contributed by atoms with Crippen molar-refractivity contribution in [1.82, 2.24) is 9.38 Å². The molecule has 31 heavy (non-hydrogen) atoms. The Morgan fingerprint density at radius 2 is 2.03 bits per heavy atom. The van der Waals surface area contributed by atoms with Gasteiger partial charge >= 0.3 is 0 Å². The van der Waals surface area contributed by atoms with Crippen LogP contribution in [0.25, 0.3) is 26.4 Å². The summed E-state index contributed by atoms with van der Waals surface area (Å²) in [6.45, 7) is 3.90. The number of unbranched alkanes of at least 4 members (excludes halogenated alkanes) is 1. The zero-order chi connectivity index (χ0) is 21.2. The van der Waals surface area contributed by atoms with Crippen LogP contribution < -0.4 is 0 Å². The number of benzene rings is 2. The van der Waals surface area contributed by atoms with E-state index in [1.807, 2.05) is 12.1 Å². The van der Waals surface area contributed by atoms with Crippen molar-refractivity contribution < 1.29 is 9.53 Å². The second kappa shape index (κ2) is 8.93. The van der Waals surface area contributed by atoms with E-state index in [-0.39, 0.29) is 5.78 Å². The number of imidazole rings is 1. The maximum absolute atomic E-state index is 12.7. The molecular formula is C26H28N2O2S. The van der Waals surface area contributed by atoms with Gasteiger partial charge < -0.3 is 4.74 Å². The van der Waals surface area contributed by atoms with Gasteiger partial charge in [0.1, 0.15) is 0 Å². The lowest BCUT2D eigenvalue weighted by molar-refractivity contribution is 0.0630. The van der Waals surface area contributed by atoms with Crippen LogP contribution in [-0.4, -0.2) is 28.4 Å². The summed E-state index contributed by atoms with van der Waals surface area (Å²) in [4.78, 5) is 18.5. The van der Waals surface area contributed by atoms with E-state index in [2.05, 4.69) is 47.9 Å². The number of thiazole rings is 1. The van der Waals surface area contributed by atoms with E-state index in [0.717, 1.165) is 64.0 Å². The highest BCUT2D eigenvalue weighted by atomic mass is 32.1. The molecule has 4 aromatic rings. The van der Waals surface area contributed by atoms with Crippen molar-refractivity contribution in [2.45, 2.75) is 45.4 Å². The number of hydrogen-bond donors (Lipinski definition) is 0. The van der Waals surface area contributed by atoms with Gasteiger partial charge in [0.2, 0.25) is 0 Å². The highest BCUT2D eigenvalue weighted by molar-refractivity contribution is 7.23. The van der Waals surface area contributed by atoms with Gasteiger partial charge in [0.15, 0.2) is 10.7 Å². The Labute approximate surface area is 186 Å². The van der Waals surface area contributed by atoms with Crippen molar-refractivity contribution in [2.24, 2.45) is 5.92 Å². The maximum Gasteiger partial charge on any atom is 0.195 e. The van der Waals surface area contributed by atoms with Crippen molar-refractivity contribution in [1.29, 1.82) is 0 Å². The number of carbonyl (C=O) groups excluding carboxylic acids is 1. The second-order valence-electron chi connectivity index (χ2n) is 8.66. The number of rotatable bonds is 7. The fourth-order valence-corrected chi connectivity index (χ4v) is 5.56. The Kier molecular flexibility index (Phi) is 5.88. The molecule has 0 spiro atoms. The predicted molar refractivity (Wildman–Crippen MR) is 127 cm³/mol. The lowest BCUT2D eigenvalue weighted by Gasteiger charge is -2.21. The largest absolute Gasteiger partial charge is 0.381 e. The van der Waals surface area contributed by atoms with Crippen LogP contribution in [0.1, 0.15) is 54.4 Å². The van der Waals surface area contributed by atoms with Gasteiger partial charge in [-0.1, -0.05) is 47.9 Å². The molecule has 160 valence electrons. The molecule has 0 N–H and O–H groups in total. The maximum atomic E-state index is 12.7. The lowest BCUT2D eigenvalue weighted by atomic mass is 9.93. The molecule has 1 fully saturated rings. The molecule has 2 aromatic heterocycles. The number of hydrogen-bond acceptors (Lipinski definition) is 4. The van der Waals surface area contributed by atoms with Gasteiger partial charge in [0, 0.05) is 37.0 Å². The van der Waals surface area contributed by atoms with E-state index in [0.29, 0.717) is 6.42 Å². The molecule has 0 bridgehead atoms. The number of ketones is 1. The quantitative estimate of drug-likeness (QED) is 0.241. The summed E-state index contributed by atoms with van der Waals surface area (Å²) in [6.07, 6.45) is 8.42. The highest BCUT2D eigenvalue weighted by Crippen LogP contribution is 2.31. The zero-order valence-electron chi connectivity index (χ0n) is 18.0. The minimum atomic E-state index is 0.250. The predicted octanol–water partition coefficient (Wildman–Crippen LogP) is 6.69. The standard InChI is InChI=1S/C26H28N2O2S/c1-18-5-4-7-20(15-18)22-17-28-23-10-9-21(16-25(23)31-26(28)27-22)24(29)8-3-2-6-19-11-13-30-14-12-19/h4-5,7,9-10,15-17,19H,2-3,6,8,11-14H2,1H3. The van der Waals surface area contributed by atoms with Gasteiger partial charge in [-0.25, -0.2) is 4.98 Å². The molecule has 0 aliphatic carbocycles. The molecule has 1 aliphatic rings. The minimum Gasteiger partial charge on any atom is -0.381 e. The first kappa shape index (κ1) is 20.4. The Hall–Kier alpha value is -2.50. The number of Topliss-reactive ketones (excluding diaryl/α,β-unsaturated/α-hetero) is 1. The normalized spacial score (nSPS) is 15.1. The molecule has 1 aliphatic heterocycles. The minimum absolute atomic E-state index is 0.250.